The summed E-state index contributed by atoms with van der Waals surface area (Å²) in [5, 5.41) is 3.17. The van der Waals surface area contributed by atoms with Crippen molar-refractivity contribution in [3.8, 4) is 0 Å². The molecule has 1 aliphatic carbocycles. The molecule has 1 N–H and O–H groups in total. The first-order valence-electron chi connectivity index (χ1n) is 10.3. The van der Waals surface area contributed by atoms with Gasteiger partial charge in [0.1, 0.15) is 15.7 Å². The Bertz CT molecular complexity index is 1320. The number of para-hydroxylation sites is 2. The fourth-order valence-corrected chi connectivity index (χ4v) is 6.47. The van der Waals surface area contributed by atoms with Gasteiger partial charge in [-0.15, -0.1) is 11.3 Å². The van der Waals surface area contributed by atoms with Crippen molar-refractivity contribution in [3.05, 3.63) is 76.4 Å². The highest BCUT2D eigenvalue weighted by atomic mass is 32.2. The number of aromatic nitrogens is 4. The van der Waals surface area contributed by atoms with Crippen LogP contribution in [0.3, 0.4) is 0 Å². The summed E-state index contributed by atoms with van der Waals surface area (Å²) in [5.41, 5.74) is 4.74. The van der Waals surface area contributed by atoms with Crippen LogP contribution in [0.15, 0.2) is 64.8 Å². The Morgan fingerprint density at radius 3 is 2.63 bits per heavy atom. The van der Waals surface area contributed by atoms with Crippen molar-refractivity contribution < 1.29 is 0 Å². The van der Waals surface area contributed by atoms with E-state index < -0.39 is 0 Å². The molecule has 5 aromatic rings. The van der Waals surface area contributed by atoms with Crippen molar-refractivity contribution in [3.63, 3.8) is 0 Å². The van der Waals surface area contributed by atoms with E-state index >= 15 is 0 Å². The lowest BCUT2D eigenvalue weighted by Crippen LogP contribution is -2.01. The number of nitrogens with zero attached hydrogens (tertiary/aromatic N) is 3. The summed E-state index contributed by atoms with van der Waals surface area (Å²) in [5.74, 6) is 0.880. The Morgan fingerprint density at radius 1 is 0.900 bits per heavy atom. The molecule has 0 saturated heterocycles. The molecular formula is C24H20N4S2. The third-order valence-corrected chi connectivity index (χ3v) is 7.65. The number of hydrogen-bond donors (Lipinski definition) is 1. The van der Waals surface area contributed by atoms with Crippen LogP contribution in [0.5, 0.6) is 0 Å². The number of nitrogens with one attached hydrogen (secondary N) is 1. The summed E-state index contributed by atoms with van der Waals surface area (Å²) in [4.78, 5) is 20.9. The molecule has 0 radical (unpaired) electrons. The van der Waals surface area contributed by atoms with E-state index in [1.165, 1.54) is 40.7 Å². The largest absolute Gasteiger partial charge is 0.333 e. The SMILES string of the molecule is c1ccc(Cc2nc(Sc3nc4ccccc4[nH]3)c3c4c(sc3n2)CCCC4)cc1. The molecule has 0 amide bonds. The second-order valence-electron chi connectivity index (χ2n) is 7.66. The minimum Gasteiger partial charge on any atom is -0.333 e. The maximum atomic E-state index is 5.04. The fraction of sp³-hybridized carbons (Fsp3) is 0.208. The van der Waals surface area contributed by atoms with Crippen LogP contribution in [-0.2, 0) is 19.3 Å². The van der Waals surface area contributed by atoms with Gasteiger partial charge in [0.2, 0.25) is 0 Å². The van der Waals surface area contributed by atoms with E-state index in [1.807, 2.05) is 35.6 Å². The number of H-pyrrole nitrogens is 1. The number of aromatic amines is 1. The maximum Gasteiger partial charge on any atom is 0.172 e. The lowest BCUT2D eigenvalue weighted by molar-refractivity contribution is 0.699. The van der Waals surface area contributed by atoms with E-state index in [9.17, 15) is 0 Å². The third-order valence-electron chi connectivity index (χ3n) is 5.59. The summed E-state index contributed by atoms with van der Waals surface area (Å²) >= 11 is 3.49. The van der Waals surface area contributed by atoms with Gasteiger partial charge in [-0.25, -0.2) is 15.0 Å². The molecule has 0 fully saturated rings. The summed E-state index contributed by atoms with van der Waals surface area (Å²) in [7, 11) is 0. The molecule has 6 heteroatoms. The van der Waals surface area contributed by atoms with Gasteiger partial charge in [0.05, 0.1) is 11.0 Å². The van der Waals surface area contributed by atoms with Gasteiger partial charge in [-0.05, 0) is 60.7 Å². The van der Waals surface area contributed by atoms with Gasteiger partial charge in [-0.1, -0.05) is 42.5 Å². The molecule has 0 bridgehead atoms. The molecule has 1 aliphatic rings. The summed E-state index contributed by atoms with van der Waals surface area (Å²) in [6.45, 7) is 0. The first kappa shape index (κ1) is 18.1. The lowest BCUT2D eigenvalue weighted by Gasteiger charge is -2.11. The van der Waals surface area contributed by atoms with Crippen molar-refractivity contribution in [1.29, 1.82) is 0 Å². The highest BCUT2D eigenvalue weighted by molar-refractivity contribution is 7.99. The molecule has 3 heterocycles. The fourth-order valence-electron chi connectivity index (χ4n) is 4.17. The summed E-state index contributed by atoms with van der Waals surface area (Å²) < 4.78 is 0. The smallest absolute Gasteiger partial charge is 0.172 e. The van der Waals surface area contributed by atoms with Crippen molar-refractivity contribution in [2.75, 3.05) is 0 Å². The molecule has 0 saturated carbocycles. The van der Waals surface area contributed by atoms with Crippen LogP contribution in [-0.4, -0.2) is 19.9 Å². The number of aryl methyl sites for hydroxylation is 2. The van der Waals surface area contributed by atoms with E-state index in [2.05, 4.69) is 35.3 Å². The van der Waals surface area contributed by atoms with Crippen LogP contribution >= 0.6 is 23.1 Å². The van der Waals surface area contributed by atoms with Gasteiger partial charge in [-0.2, -0.15) is 0 Å². The number of imidazole rings is 1. The number of thiophene rings is 1. The minimum absolute atomic E-state index is 0.743. The van der Waals surface area contributed by atoms with E-state index in [-0.39, 0.29) is 0 Å². The van der Waals surface area contributed by atoms with Crippen LogP contribution in [0, 0.1) is 0 Å². The molecule has 6 rings (SSSR count). The molecule has 4 nitrogen and oxygen atoms in total. The summed E-state index contributed by atoms with van der Waals surface area (Å²) in [6, 6.07) is 18.6. The monoisotopic (exact) mass is 428 g/mol. The standard InChI is InChI=1S/C24H20N4S2/c1-2-8-15(9-3-1)14-20-27-22-21(16-10-4-7-13-19(16)29-22)23(28-20)30-24-25-17-11-5-6-12-18(17)26-24/h1-3,5-6,8-9,11-12H,4,7,10,13-14H2,(H,25,26). The Hall–Kier alpha value is -2.70. The predicted octanol–water partition coefficient (Wildman–Crippen LogP) is 6.19. The molecule has 0 unspecified atom stereocenters. The molecule has 0 spiro atoms. The van der Waals surface area contributed by atoms with Gasteiger partial charge in [0.15, 0.2) is 5.16 Å². The van der Waals surface area contributed by atoms with E-state index in [1.54, 1.807) is 11.8 Å². The average molecular weight is 429 g/mol. The van der Waals surface area contributed by atoms with Crippen molar-refractivity contribution in [2.24, 2.45) is 0 Å². The molecular weight excluding hydrogens is 408 g/mol. The van der Waals surface area contributed by atoms with Crippen LogP contribution in [0.25, 0.3) is 21.3 Å². The van der Waals surface area contributed by atoms with Gasteiger partial charge in [-0.3, -0.25) is 0 Å². The molecule has 148 valence electrons. The van der Waals surface area contributed by atoms with Gasteiger partial charge in [0, 0.05) is 16.7 Å². The van der Waals surface area contributed by atoms with Gasteiger partial charge >= 0.3 is 0 Å². The Balaban J connectivity index is 1.47. The van der Waals surface area contributed by atoms with Gasteiger partial charge in [0.25, 0.3) is 0 Å². The zero-order valence-corrected chi connectivity index (χ0v) is 18.0. The number of fused-ring (bicyclic) bond motifs is 4. The zero-order valence-electron chi connectivity index (χ0n) is 16.4. The van der Waals surface area contributed by atoms with Crippen molar-refractivity contribution in [2.45, 2.75) is 42.3 Å². The molecule has 0 aliphatic heterocycles. The predicted molar refractivity (Wildman–Crippen MR) is 124 cm³/mol. The highest BCUT2D eigenvalue weighted by Crippen LogP contribution is 2.41. The Kier molecular flexibility index (Phi) is 4.54. The van der Waals surface area contributed by atoms with Crippen molar-refractivity contribution in [1.82, 2.24) is 19.9 Å². The van der Waals surface area contributed by atoms with E-state index in [0.717, 1.165) is 44.7 Å². The molecule has 30 heavy (non-hydrogen) atoms. The van der Waals surface area contributed by atoms with E-state index in [4.69, 9.17) is 15.0 Å². The van der Waals surface area contributed by atoms with Crippen LogP contribution in [0.1, 0.15) is 34.7 Å². The maximum absolute atomic E-state index is 5.04. The van der Waals surface area contributed by atoms with Crippen LogP contribution in [0.2, 0.25) is 0 Å². The summed E-state index contributed by atoms with van der Waals surface area (Å²) in [6.07, 6.45) is 5.56. The topological polar surface area (TPSA) is 54.5 Å². The van der Waals surface area contributed by atoms with E-state index in [0.29, 0.717) is 0 Å². The second kappa shape index (κ2) is 7.52. The highest BCUT2D eigenvalue weighted by Gasteiger charge is 2.22. The first-order chi connectivity index (χ1) is 14.8. The quantitative estimate of drug-likeness (QED) is 0.347. The zero-order chi connectivity index (χ0) is 19.9. The first-order valence-corrected chi connectivity index (χ1v) is 11.9. The van der Waals surface area contributed by atoms with Gasteiger partial charge < -0.3 is 4.98 Å². The number of rotatable bonds is 4. The molecule has 2 aromatic carbocycles. The Labute approximate surface area is 182 Å². The second-order valence-corrected chi connectivity index (χ2v) is 9.72. The molecule has 3 aromatic heterocycles. The normalized spacial score (nSPS) is 13.7. The van der Waals surface area contributed by atoms with Crippen molar-refractivity contribution >= 4 is 44.3 Å². The number of hydrogen-bond acceptors (Lipinski definition) is 5. The Morgan fingerprint density at radius 2 is 1.73 bits per heavy atom. The average Bonchev–Trinajstić information content (AvgIpc) is 3.34. The number of benzene rings is 2. The van der Waals surface area contributed by atoms with Crippen LogP contribution < -0.4 is 0 Å². The lowest BCUT2D eigenvalue weighted by atomic mass is 9.97. The minimum atomic E-state index is 0.743. The van der Waals surface area contributed by atoms with Crippen LogP contribution in [0.4, 0.5) is 0 Å². The third kappa shape index (κ3) is 3.30. The molecule has 0 atom stereocenters.